The van der Waals surface area contributed by atoms with Crippen LogP contribution in [0.4, 0.5) is 8.78 Å². The maximum absolute atomic E-state index is 12.8. The van der Waals surface area contributed by atoms with Gasteiger partial charge in [-0.1, -0.05) is 15.9 Å². The zero-order chi connectivity index (χ0) is 10.0. The van der Waals surface area contributed by atoms with Crippen LogP contribution in [0.3, 0.4) is 0 Å². The van der Waals surface area contributed by atoms with Crippen LogP contribution in [0.2, 0.25) is 0 Å². The van der Waals surface area contributed by atoms with E-state index in [1.807, 2.05) is 0 Å². The lowest BCUT2D eigenvalue weighted by atomic mass is 10.1. The Bertz CT molecular complexity index is 319. The summed E-state index contributed by atoms with van der Waals surface area (Å²) in [7, 11) is 0. The zero-order valence-corrected chi connectivity index (χ0v) is 8.44. The van der Waals surface area contributed by atoms with Crippen LogP contribution in [-0.4, -0.2) is 0 Å². The molecule has 72 valence electrons. The van der Waals surface area contributed by atoms with Crippen molar-refractivity contribution in [3.8, 4) is 0 Å². The summed E-state index contributed by atoms with van der Waals surface area (Å²) in [6, 6.07) is 2.09. The van der Waals surface area contributed by atoms with E-state index in [-0.39, 0.29) is 0 Å². The van der Waals surface area contributed by atoms with Gasteiger partial charge in [0.25, 0.3) is 0 Å². The standard InChI is InChI=1S/C8H8BrF2NO/c1-4(13-12)5-2-7(10)8(11)3-6(5)9/h2-4H,12H2,1H3. The smallest absolute Gasteiger partial charge is 0.159 e. The van der Waals surface area contributed by atoms with Crippen LogP contribution < -0.4 is 5.90 Å². The summed E-state index contributed by atoms with van der Waals surface area (Å²) in [5.74, 6) is 3.11. The molecule has 0 heterocycles. The molecule has 2 N–H and O–H groups in total. The van der Waals surface area contributed by atoms with Crippen molar-refractivity contribution in [3.05, 3.63) is 33.8 Å². The predicted molar refractivity (Wildman–Crippen MR) is 47.7 cm³/mol. The molecule has 0 aliphatic heterocycles. The molecule has 1 atom stereocenters. The van der Waals surface area contributed by atoms with Gasteiger partial charge in [0.05, 0.1) is 0 Å². The number of halogens is 3. The molecule has 0 amide bonds. The molecule has 0 radical (unpaired) electrons. The summed E-state index contributed by atoms with van der Waals surface area (Å²) in [5, 5.41) is 0. The monoisotopic (exact) mass is 251 g/mol. The van der Waals surface area contributed by atoms with E-state index in [1.165, 1.54) is 0 Å². The molecule has 1 aromatic carbocycles. The number of rotatable bonds is 2. The third-order valence-electron chi connectivity index (χ3n) is 1.68. The van der Waals surface area contributed by atoms with Gasteiger partial charge in [-0.05, 0) is 24.6 Å². The predicted octanol–water partition coefficient (Wildman–Crippen LogP) is 2.68. The molecule has 13 heavy (non-hydrogen) atoms. The number of benzene rings is 1. The largest absolute Gasteiger partial charge is 0.297 e. The molecular formula is C8H8BrF2NO. The Morgan fingerprint density at radius 3 is 2.46 bits per heavy atom. The molecule has 5 heteroatoms. The lowest BCUT2D eigenvalue weighted by Crippen LogP contribution is -2.07. The van der Waals surface area contributed by atoms with Gasteiger partial charge in [-0.25, -0.2) is 14.7 Å². The van der Waals surface area contributed by atoms with Gasteiger partial charge in [0, 0.05) is 4.47 Å². The second kappa shape index (κ2) is 4.13. The maximum Gasteiger partial charge on any atom is 0.159 e. The Labute approximate surface area is 82.8 Å². The van der Waals surface area contributed by atoms with Crippen LogP contribution in [-0.2, 0) is 4.84 Å². The molecule has 1 unspecified atom stereocenters. The third kappa shape index (κ3) is 2.24. The minimum Gasteiger partial charge on any atom is -0.297 e. The highest BCUT2D eigenvalue weighted by Crippen LogP contribution is 2.27. The summed E-state index contributed by atoms with van der Waals surface area (Å²) in [6.07, 6.45) is -0.482. The fourth-order valence-electron chi connectivity index (χ4n) is 0.923. The Morgan fingerprint density at radius 2 is 1.92 bits per heavy atom. The molecule has 0 saturated heterocycles. The Balaban J connectivity index is 3.15. The number of hydrogen-bond donors (Lipinski definition) is 1. The summed E-state index contributed by atoms with van der Waals surface area (Å²) >= 11 is 3.08. The van der Waals surface area contributed by atoms with Crippen LogP contribution in [0.1, 0.15) is 18.6 Å². The van der Waals surface area contributed by atoms with Gasteiger partial charge in [0.1, 0.15) is 6.10 Å². The first-order valence-corrected chi connectivity index (χ1v) is 4.35. The molecule has 0 fully saturated rings. The fourth-order valence-corrected chi connectivity index (χ4v) is 1.56. The minimum atomic E-state index is -0.915. The van der Waals surface area contributed by atoms with Gasteiger partial charge in [-0.2, -0.15) is 0 Å². The summed E-state index contributed by atoms with van der Waals surface area (Å²) in [6.45, 7) is 1.64. The van der Waals surface area contributed by atoms with E-state index in [1.54, 1.807) is 6.92 Å². The highest BCUT2D eigenvalue weighted by atomic mass is 79.9. The first-order valence-electron chi connectivity index (χ1n) is 3.56. The summed E-state index contributed by atoms with van der Waals surface area (Å²) in [5.41, 5.74) is 0.474. The number of hydrogen-bond acceptors (Lipinski definition) is 2. The van der Waals surface area contributed by atoms with Crippen LogP contribution >= 0.6 is 15.9 Å². The van der Waals surface area contributed by atoms with E-state index >= 15 is 0 Å². The van der Waals surface area contributed by atoms with Crippen molar-refractivity contribution in [2.24, 2.45) is 5.90 Å². The maximum atomic E-state index is 12.8. The normalized spacial score (nSPS) is 13.0. The minimum absolute atomic E-state index is 0.435. The molecule has 0 bridgehead atoms. The van der Waals surface area contributed by atoms with Crippen LogP contribution in [0.25, 0.3) is 0 Å². The average Bonchev–Trinajstić information content (AvgIpc) is 2.10. The van der Waals surface area contributed by atoms with Crippen LogP contribution in [0.15, 0.2) is 16.6 Å². The summed E-state index contributed by atoms with van der Waals surface area (Å²) in [4.78, 5) is 4.49. The van der Waals surface area contributed by atoms with E-state index in [0.717, 1.165) is 12.1 Å². The van der Waals surface area contributed by atoms with Crippen molar-refractivity contribution in [2.75, 3.05) is 0 Å². The lowest BCUT2D eigenvalue weighted by Gasteiger charge is -2.11. The van der Waals surface area contributed by atoms with Gasteiger partial charge in [0.2, 0.25) is 0 Å². The molecular weight excluding hydrogens is 244 g/mol. The van der Waals surface area contributed by atoms with E-state index in [2.05, 4.69) is 20.8 Å². The molecule has 0 spiro atoms. The Kier molecular flexibility index (Phi) is 3.35. The molecule has 0 aromatic heterocycles. The van der Waals surface area contributed by atoms with Crippen molar-refractivity contribution in [1.29, 1.82) is 0 Å². The Morgan fingerprint density at radius 1 is 1.38 bits per heavy atom. The Hall–Kier alpha value is -0.520. The van der Waals surface area contributed by atoms with E-state index in [9.17, 15) is 8.78 Å². The van der Waals surface area contributed by atoms with E-state index in [4.69, 9.17) is 5.90 Å². The van der Waals surface area contributed by atoms with Crippen molar-refractivity contribution < 1.29 is 13.6 Å². The first-order chi connectivity index (χ1) is 6.06. The van der Waals surface area contributed by atoms with Crippen LogP contribution in [0, 0.1) is 11.6 Å². The SMILES string of the molecule is CC(ON)c1cc(F)c(F)cc1Br. The second-order valence-corrected chi connectivity index (χ2v) is 3.42. The molecule has 2 nitrogen and oxygen atoms in total. The van der Waals surface area contributed by atoms with Crippen molar-refractivity contribution in [2.45, 2.75) is 13.0 Å². The summed E-state index contributed by atoms with van der Waals surface area (Å²) < 4.78 is 25.8. The molecule has 0 aliphatic carbocycles. The van der Waals surface area contributed by atoms with Crippen molar-refractivity contribution >= 4 is 15.9 Å². The molecule has 1 aromatic rings. The van der Waals surface area contributed by atoms with Gasteiger partial charge in [0.15, 0.2) is 11.6 Å². The van der Waals surface area contributed by atoms with Crippen molar-refractivity contribution in [3.63, 3.8) is 0 Å². The second-order valence-electron chi connectivity index (χ2n) is 2.57. The number of nitrogens with two attached hydrogens (primary N) is 1. The lowest BCUT2D eigenvalue weighted by molar-refractivity contribution is 0.0656. The highest BCUT2D eigenvalue weighted by molar-refractivity contribution is 9.10. The van der Waals surface area contributed by atoms with E-state index < -0.39 is 17.7 Å². The first kappa shape index (κ1) is 10.6. The zero-order valence-electron chi connectivity index (χ0n) is 6.85. The van der Waals surface area contributed by atoms with Gasteiger partial charge in [-0.15, -0.1) is 0 Å². The average molecular weight is 252 g/mol. The highest BCUT2D eigenvalue weighted by Gasteiger charge is 2.13. The van der Waals surface area contributed by atoms with Gasteiger partial charge < -0.3 is 0 Å². The fraction of sp³-hybridized carbons (Fsp3) is 0.250. The molecule has 0 aliphatic rings. The van der Waals surface area contributed by atoms with Crippen molar-refractivity contribution in [1.82, 2.24) is 0 Å². The van der Waals surface area contributed by atoms with Gasteiger partial charge in [-0.3, -0.25) is 4.84 Å². The molecule has 0 saturated carbocycles. The topological polar surface area (TPSA) is 35.2 Å². The third-order valence-corrected chi connectivity index (χ3v) is 2.37. The van der Waals surface area contributed by atoms with Gasteiger partial charge >= 0.3 is 0 Å². The van der Waals surface area contributed by atoms with E-state index in [0.29, 0.717) is 10.0 Å². The van der Waals surface area contributed by atoms with Crippen LogP contribution in [0.5, 0.6) is 0 Å². The quantitative estimate of drug-likeness (QED) is 0.648. The molecule has 1 rings (SSSR count).